The van der Waals surface area contributed by atoms with Gasteiger partial charge >= 0.3 is 0 Å². The van der Waals surface area contributed by atoms with Crippen molar-refractivity contribution in [1.82, 2.24) is 10.2 Å². The first-order valence-corrected chi connectivity index (χ1v) is 8.84. The molecule has 1 heterocycles. The number of hydrogen-bond acceptors (Lipinski definition) is 2. The fraction of sp³-hybridized carbons (Fsp3) is 0.550. The zero-order valence-corrected chi connectivity index (χ0v) is 15.6. The third kappa shape index (κ3) is 6.66. The van der Waals surface area contributed by atoms with Crippen molar-refractivity contribution in [1.29, 1.82) is 0 Å². The van der Waals surface area contributed by atoms with Gasteiger partial charge in [0.2, 0.25) is 5.91 Å². The maximum absolute atomic E-state index is 12.7. The van der Waals surface area contributed by atoms with Gasteiger partial charge < -0.3 is 10.2 Å². The summed E-state index contributed by atoms with van der Waals surface area (Å²) in [6.07, 6.45) is 5.79. The number of hydrogen-bond donors (Lipinski definition) is 1. The van der Waals surface area contributed by atoms with E-state index >= 15 is 0 Å². The largest absolute Gasteiger partial charge is 0.339 e. The summed E-state index contributed by atoms with van der Waals surface area (Å²) in [7, 11) is 0. The lowest BCUT2D eigenvalue weighted by molar-refractivity contribution is -0.132. The van der Waals surface area contributed by atoms with E-state index in [-0.39, 0.29) is 18.3 Å². The quantitative estimate of drug-likeness (QED) is 0.725. The average Bonchev–Trinajstić information content (AvgIpc) is 2.60. The van der Waals surface area contributed by atoms with Crippen LogP contribution in [0, 0.1) is 11.8 Å². The second kappa shape index (κ2) is 11.3. The van der Waals surface area contributed by atoms with E-state index < -0.39 is 0 Å². The third-order valence-corrected chi connectivity index (χ3v) is 4.90. The molecule has 1 amide bonds. The normalized spacial score (nSPS) is 16.0. The van der Waals surface area contributed by atoms with E-state index in [1.54, 1.807) is 0 Å². The minimum absolute atomic E-state index is 0. The summed E-state index contributed by atoms with van der Waals surface area (Å²) in [4.78, 5) is 14.6. The van der Waals surface area contributed by atoms with Crippen molar-refractivity contribution in [2.24, 2.45) is 11.8 Å². The van der Waals surface area contributed by atoms with Crippen LogP contribution in [0.4, 0.5) is 0 Å². The Bertz CT molecular complexity index is 486. The molecule has 134 valence electrons. The molecule has 1 saturated heterocycles. The van der Waals surface area contributed by atoms with Gasteiger partial charge in [0, 0.05) is 19.5 Å². The highest BCUT2D eigenvalue weighted by molar-refractivity contribution is 5.85. The fourth-order valence-electron chi connectivity index (χ4n) is 3.37. The van der Waals surface area contributed by atoms with Crippen LogP contribution >= 0.6 is 12.4 Å². The highest BCUT2D eigenvalue weighted by atomic mass is 35.5. The van der Waals surface area contributed by atoms with Gasteiger partial charge in [-0.2, -0.15) is 0 Å². The van der Waals surface area contributed by atoms with E-state index in [4.69, 9.17) is 0 Å². The number of carbonyl (C=O) groups is 1. The number of piperidine rings is 1. The molecule has 1 aliphatic heterocycles. The van der Waals surface area contributed by atoms with Crippen LogP contribution in [0.15, 0.2) is 43.0 Å². The molecule has 1 atom stereocenters. The zero-order valence-electron chi connectivity index (χ0n) is 14.7. The van der Waals surface area contributed by atoms with E-state index in [0.29, 0.717) is 24.8 Å². The van der Waals surface area contributed by atoms with Crippen molar-refractivity contribution >= 4 is 18.3 Å². The summed E-state index contributed by atoms with van der Waals surface area (Å²) in [6, 6.07) is 10.4. The second-order valence-electron chi connectivity index (χ2n) is 6.63. The summed E-state index contributed by atoms with van der Waals surface area (Å²) in [5.74, 6) is 1.42. The molecular weight excluding hydrogens is 320 g/mol. The van der Waals surface area contributed by atoms with Crippen molar-refractivity contribution in [3.63, 3.8) is 0 Å². The standard InChI is InChI=1S/C20H30N2O.ClH/c1-3-14-22(15-11-18-7-5-4-6-8-18)20(23)16-17(2)19-9-12-21-13-10-19;/h3-8,17,19,21H,1,9-16H2,2H3;1H. The SMILES string of the molecule is C=CCN(CCc1ccccc1)C(=O)CC(C)C1CCNCC1.Cl. The number of nitrogens with zero attached hydrogens (tertiary/aromatic N) is 1. The van der Waals surface area contributed by atoms with Crippen LogP contribution in [0.25, 0.3) is 0 Å². The molecule has 0 aromatic heterocycles. The van der Waals surface area contributed by atoms with Gasteiger partial charge in [-0.3, -0.25) is 4.79 Å². The molecule has 0 radical (unpaired) electrons. The molecule has 0 saturated carbocycles. The van der Waals surface area contributed by atoms with Gasteiger partial charge in [0.05, 0.1) is 0 Å². The summed E-state index contributed by atoms with van der Waals surface area (Å²) in [6.45, 7) is 9.63. The molecule has 0 aliphatic carbocycles. The molecule has 2 rings (SSSR count). The number of amides is 1. The van der Waals surface area contributed by atoms with Gasteiger partial charge in [-0.25, -0.2) is 0 Å². The van der Waals surface area contributed by atoms with Crippen LogP contribution < -0.4 is 5.32 Å². The topological polar surface area (TPSA) is 32.3 Å². The van der Waals surface area contributed by atoms with E-state index in [1.807, 2.05) is 29.2 Å². The summed E-state index contributed by atoms with van der Waals surface area (Å²) >= 11 is 0. The molecule has 1 N–H and O–H groups in total. The van der Waals surface area contributed by atoms with Gasteiger partial charge in [0.1, 0.15) is 0 Å². The summed E-state index contributed by atoms with van der Waals surface area (Å²) < 4.78 is 0. The summed E-state index contributed by atoms with van der Waals surface area (Å²) in [5.41, 5.74) is 1.28. The molecule has 1 fully saturated rings. The van der Waals surface area contributed by atoms with E-state index in [2.05, 4.69) is 31.0 Å². The van der Waals surface area contributed by atoms with Crippen molar-refractivity contribution < 1.29 is 4.79 Å². The van der Waals surface area contributed by atoms with Crippen molar-refractivity contribution in [3.05, 3.63) is 48.6 Å². The number of halogens is 1. The Morgan fingerprint density at radius 3 is 2.62 bits per heavy atom. The Hall–Kier alpha value is -1.32. The van der Waals surface area contributed by atoms with Gasteiger partial charge in [-0.05, 0) is 49.8 Å². The van der Waals surface area contributed by atoms with Crippen LogP contribution in [0.1, 0.15) is 31.7 Å². The molecule has 0 spiro atoms. The second-order valence-corrected chi connectivity index (χ2v) is 6.63. The first-order valence-electron chi connectivity index (χ1n) is 8.84. The van der Waals surface area contributed by atoms with E-state index in [9.17, 15) is 4.79 Å². The number of benzene rings is 1. The third-order valence-electron chi connectivity index (χ3n) is 4.90. The van der Waals surface area contributed by atoms with E-state index in [1.165, 1.54) is 18.4 Å². The van der Waals surface area contributed by atoms with E-state index in [0.717, 1.165) is 26.1 Å². The fourth-order valence-corrected chi connectivity index (χ4v) is 3.37. The number of carbonyl (C=O) groups excluding carboxylic acids is 1. The first kappa shape index (κ1) is 20.7. The maximum atomic E-state index is 12.7. The molecule has 0 bridgehead atoms. The predicted molar refractivity (Wildman–Crippen MR) is 104 cm³/mol. The van der Waals surface area contributed by atoms with Crippen molar-refractivity contribution in [2.45, 2.75) is 32.6 Å². The average molecular weight is 351 g/mol. The number of rotatable bonds is 8. The smallest absolute Gasteiger partial charge is 0.223 e. The van der Waals surface area contributed by atoms with Gasteiger partial charge in [-0.1, -0.05) is 43.3 Å². The molecule has 4 heteroatoms. The Morgan fingerprint density at radius 2 is 2.00 bits per heavy atom. The van der Waals surface area contributed by atoms with Crippen molar-refractivity contribution in [2.75, 3.05) is 26.2 Å². The predicted octanol–water partition coefficient (Wildman–Crippen LogP) is 3.69. The van der Waals surface area contributed by atoms with Crippen LogP contribution in [0.5, 0.6) is 0 Å². The molecule has 1 aromatic rings. The van der Waals surface area contributed by atoms with Crippen LogP contribution in [0.2, 0.25) is 0 Å². The lowest BCUT2D eigenvalue weighted by Gasteiger charge is -2.30. The molecule has 24 heavy (non-hydrogen) atoms. The van der Waals surface area contributed by atoms with Crippen molar-refractivity contribution in [3.8, 4) is 0 Å². The van der Waals surface area contributed by atoms with Gasteiger partial charge in [0.25, 0.3) is 0 Å². The Labute approximate surface area is 152 Å². The van der Waals surface area contributed by atoms with Gasteiger partial charge in [0.15, 0.2) is 0 Å². The molecule has 1 unspecified atom stereocenters. The van der Waals surface area contributed by atoms with Crippen LogP contribution in [-0.2, 0) is 11.2 Å². The Balaban J connectivity index is 0.00000288. The maximum Gasteiger partial charge on any atom is 0.223 e. The monoisotopic (exact) mass is 350 g/mol. The molecule has 1 aliphatic rings. The van der Waals surface area contributed by atoms with Crippen LogP contribution in [0.3, 0.4) is 0 Å². The van der Waals surface area contributed by atoms with Crippen LogP contribution in [-0.4, -0.2) is 37.0 Å². The highest BCUT2D eigenvalue weighted by Crippen LogP contribution is 2.25. The minimum atomic E-state index is 0. The molecular formula is C20H31ClN2O. The molecule has 1 aromatic carbocycles. The number of nitrogens with one attached hydrogen (secondary N) is 1. The Morgan fingerprint density at radius 1 is 1.33 bits per heavy atom. The first-order chi connectivity index (χ1) is 11.2. The highest BCUT2D eigenvalue weighted by Gasteiger charge is 2.23. The van der Waals surface area contributed by atoms with Gasteiger partial charge in [-0.15, -0.1) is 19.0 Å². The molecule has 3 nitrogen and oxygen atoms in total. The zero-order chi connectivity index (χ0) is 16.5. The summed E-state index contributed by atoms with van der Waals surface area (Å²) in [5, 5.41) is 3.40. The minimum Gasteiger partial charge on any atom is -0.339 e. The Kier molecular flexibility index (Phi) is 9.73. The lowest BCUT2D eigenvalue weighted by atomic mass is 9.84. The lowest BCUT2D eigenvalue weighted by Crippen LogP contribution is -2.36.